The number of hydrogen-bond donors (Lipinski definition) is 1. The molecule has 0 aliphatic carbocycles. The zero-order valence-electron chi connectivity index (χ0n) is 11.7. The van der Waals surface area contributed by atoms with E-state index in [2.05, 4.69) is 65.4 Å². The molecule has 20 heavy (non-hydrogen) atoms. The average Bonchev–Trinajstić information content (AvgIpc) is 2.47. The minimum Gasteiger partial charge on any atom is -0.377 e. The molecule has 0 radical (unpaired) electrons. The van der Waals surface area contributed by atoms with Gasteiger partial charge in [-0.2, -0.15) is 5.26 Å². The Morgan fingerprint density at radius 1 is 1.20 bits per heavy atom. The highest BCUT2D eigenvalue weighted by atomic mass is 79.9. The molecule has 0 amide bonds. The van der Waals surface area contributed by atoms with E-state index in [1.54, 1.807) is 0 Å². The molecule has 0 saturated heterocycles. The Kier molecular flexibility index (Phi) is 4.81. The van der Waals surface area contributed by atoms with E-state index in [9.17, 15) is 0 Å². The second kappa shape index (κ2) is 6.58. The van der Waals surface area contributed by atoms with Gasteiger partial charge in [-0.15, -0.1) is 0 Å². The molecule has 0 spiro atoms. The normalized spacial score (nSPS) is 11.7. The molecular formula is C17H17BrN2. The lowest BCUT2D eigenvalue weighted by Gasteiger charge is -2.17. The fourth-order valence-electron chi connectivity index (χ4n) is 2.09. The van der Waals surface area contributed by atoms with Gasteiger partial charge in [0.1, 0.15) is 6.07 Å². The van der Waals surface area contributed by atoms with Crippen LogP contribution in [0.5, 0.6) is 0 Å². The predicted octanol–water partition coefficient (Wildman–Crippen LogP) is 5.06. The largest absolute Gasteiger partial charge is 0.377 e. The average molecular weight is 329 g/mol. The van der Waals surface area contributed by atoms with Crippen molar-refractivity contribution in [2.24, 2.45) is 0 Å². The molecule has 1 unspecified atom stereocenters. The van der Waals surface area contributed by atoms with Crippen LogP contribution in [-0.4, -0.2) is 0 Å². The van der Waals surface area contributed by atoms with Gasteiger partial charge < -0.3 is 5.32 Å². The Morgan fingerprint density at radius 3 is 2.50 bits per heavy atom. The lowest BCUT2D eigenvalue weighted by atomic mass is 10.0. The van der Waals surface area contributed by atoms with Gasteiger partial charge in [-0.1, -0.05) is 47.1 Å². The van der Waals surface area contributed by atoms with Gasteiger partial charge in [-0.25, -0.2) is 0 Å². The van der Waals surface area contributed by atoms with E-state index in [-0.39, 0.29) is 6.04 Å². The van der Waals surface area contributed by atoms with Gasteiger partial charge in [-0.3, -0.25) is 0 Å². The van der Waals surface area contributed by atoms with Crippen molar-refractivity contribution in [3.63, 3.8) is 0 Å². The summed E-state index contributed by atoms with van der Waals surface area (Å²) < 4.78 is 0.965. The monoisotopic (exact) mass is 328 g/mol. The predicted molar refractivity (Wildman–Crippen MR) is 86.7 cm³/mol. The summed E-state index contributed by atoms with van der Waals surface area (Å²) in [6, 6.07) is 16.6. The minimum absolute atomic E-state index is 0.155. The lowest BCUT2D eigenvalue weighted by molar-refractivity contribution is 0.882. The van der Waals surface area contributed by atoms with Gasteiger partial charge in [0.15, 0.2) is 0 Å². The van der Waals surface area contributed by atoms with E-state index in [1.807, 2.05) is 18.2 Å². The zero-order chi connectivity index (χ0) is 14.5. The first-order valence-corrected chi connectivity index (χ1v) is 7.48. The molecular weight excluding hydrogens is 312 g/mol. The summed E-state index contributed by atoms with van der Waals surface area (Å²) in [6.45, 7) is 4.25. The highest BCUT2D eigenvalue weighted by molar-refractivity contribution is 9.10. The fourth-order valence-corrected chi connectivity index (χ4v) is 2.45. The first kappa shape index (κ1) is 14.6. The van der Waals surface area contributed by atoms with Crippen LogP contribution >= 0.6 is 15.9 Å². The third-order valence-electron chi connectivity index (χ3n) is 3.36. The lowest BCUT2D eigenvalue weighted by Crippen LogP contribution is -2.08. The molecule has 2 aromatic rings. The van der Waals surface area contributed by atoms with Crippen molar-refractivity contribution in [2.45, 2.75) is 26.3 Å². The number of nitrogens with one attached hydrogen (secondary N) is 1. The van der Waals surface area contributed by atoms with Crippen molar-refractivity contribution < 1.29 is 0 Å². The Bertz CT molecular complexity index is 626. The number of nitrogens with zero attached hydrogens (tertiary/aromatic N) is 1. The fraction of sp³-hybridized carbons (Fsp3) is 0.235. The van der Waals surface area contributed by atoms with Crippen LogP contribution in [-0.2, 0) is 6.42 Å². The Labute approximate surface area is 128 Å². The van der Waals surface area contributed by atoms with E-state index < -0.39 is 0 Å². The van der Waals surface area contributed by atoms with Gasteiger partial charge in [-0.05, 0) is 42.7 Å². The van der Waals surface area contributed by atoms with Gasteiger partial charge >= 0.3 is 0 Å². The maximum atomic E-state index is 9.16. The summed E-state index contributed by atoms with van der Waals surface area (Å²) in [7, 11) is 0. The Hall–Kier alpha value is -1.79. The number of benzene rings is 2. The van der Waals surface area contributed by atoms with Crippen LogP contribution in [0.15, 0.2) is 46.9 Å². The second-order valence-corrected chi connectivity index (χ2v) is 5.68. The van der Waals surface area contributed by atoms with Crippen molar-refractivity contribution in [2.75, 3.05) is 5.32 Å². The smallest absolute Gasteiger partial charge is 0.101 e. The van der Waals surface area contributed by atoms with Crippen molar-refractivity contribution in [3.05, 3.63) is 63.6 Å². The number of hydrogen-bond acceptors (Lipinski definition) is 2. The third-order valence-corrected chi connectivity index (χ3v) is 3.86. The van der Waals surface area contributed by atoms with E-state index in [1.165, 1.54) is 11.1 Å². The highest BCUT2D eigenvalue weighted by Gasteiger charge is 2.09. The summed E-state index contributed by atoms with van der Waals surface area (Å²) >= 11 is 3.44. The topological polar surface area (TPSA) is 35.8 Å². The molecule has 102 valence electrons. The molecule has 3 heteroatoms. The maximum Gasteiger partial charge on any atom is 0.101 e. The number of anilines is 1. The zero-order valence-corrected chi connectivity index (χ0v) is 13.2. The van der Waals surface area contributed by atoms with Crippen LogP contribution in [0.4, 0.5) is 5.69 Å². The first-order chi connectivity index (χ1) is 9.63. The number of nitriles is 1. The van der Waals surface area contributed by atoms with Crippen LogP contribution in [0.3, 0.4) is 0 Å². The highest BCUT2D eigenvalue weighted by Crippen LogP contribution is 2.25. The summed E-state index contributed by atoms with van der Waals surface area (Å²) in [4.78, 5) is 0. The molecule has 0 heterocycles. The SMILES string of the molecule is CCc1ccc(C(C)Nc2cc(Br)ccc2C#N)cc1. The molecule has 0 saturated carbocycles. The molecule has 2 aromatic carbocycles. The number of aryl methyl sites for hydroxylation is 1. The van der Waals surface area contributed by atoms with Gasteiger partial charge in [0.05, 0.1) is 11.3 Å². The quantitative estimate of drug-likeness (QED) is 0.851. The Balaban J connectivity index is 2.20. The molecule has 0 aromatic heterocycles. The molecule has 0 aliphatic heterocycles. The van der Waals surface area contributed by atoms with Crippen molar-refractivity contribution >= 4 is 21.6 Å². The third kappa shape index (κ3) is 3.40. The van der Waals surface area contributed by atoms with E-state index in [0.29, 0.717) is 5.56 Å². The summed E-state index contributed by atoms with van der Waals surface area (Å²) in [6.07, 6.45) is 1.05. The molecule has 2 nitrogen and oxygen atoms in total. The van der Waals surface area contributed by atoms with Gasteiger partial charge in [0.2, 0.25) is 0 Å². The van der Waals surface area contributed by atoms with E-state index >= 15 is 0 Å². The van der Waals surface area contributed by atoms with Crippen LogP contribution in [0.2, 0.25) is 0 Å². The van der Waals surface area contributed by atoms with Crippen molar-refractivity contribution in [1.82, 2.24) is 0 Å². The molecule has 2 rings (SSSR count). The van der Waals surface area contributed by atoms with Crippen LogP contribution in [0.1, 0.15) is 36.6 Å². The molecule has 1 N–H and O–H groups in total. The summed E-state index contributed by atoms with van der Waals surface area (Å²) in [5.74, 6) is 0. The minimum atomic E-state index is 0.155. The molecule has 1 atom stereocenters. The summed E-state index contributed by atoms with van der Waals surface area (Å²) in [5.41, 5.74) is 4.06. The molecule has 0 fully saturated rings. The number of rotatable bonds is 4. The standard InChI is InChI=1S/C17H17BrN2/c1-3-13-4-6-14(7-5-13)12(2)20-17-10-16(18)9-8-15(17)11-19/h4-10,12,20H,3H2,1-2H3. The van der Waals surface area contributed by atoms with Crippen molar-refractivity contribution in [3.8, 4) is 6.07 Å². The first-order valence-electron chi connectivity index (χ1n) is 6.69. The molecule has 0 bridgehead atoms. The maximum absolute atomic E-state index is 9.16. The Morgan fingerprint density at radius 2 is 1.90 bits per heavy atom. The van der Waals surface area contributed by atoms with Gasteiger partial charge in [0.25, 0.3) is 0 Å². The van der Waals surface area contributed by atoms with Crippen LogP contribution < -0.4 is 5.32 Å². The number of halogens is 1. The van der Waals surface area contributed by atoms with Crippen molar-refractivity contribution in [1.29, 1.82) is 5.26 Å². The van der Waals surface area contributed by atoms with Crippen LogP contribution in [0.25, 0.3) is 0 Å². The second-order valence-electron chi connectivity index (χ2n) is 4.76. The van der Waals surface area contributed by atoms with Crippen LogP contribution in [0, 0.1) is 11.3 Å². The van der Waals surface area contributed by atoms with E-state index in [4.69, 9.17) is 5.26 Å². The summed E-state index contributed by atoms with van der Waals surface area (Å²) in [5, 5.41) is 12.6. The van der Waals surface area contributed by atoms with Gasteiger partial charge in [0, 0.05) is 10.5 Å². The van der Waals surface area contributed by atoms with E-state index in [0.717, 1.165) is 16.6 Å². The molecule has 0 aliphatic rings.